The van der Waals surface area contributed by atoms with Gasteiger partial charge in [-0.05, 0) is 59.5 Å². The van der Waals surface area contributed by atoms with Crippen molar-refractivity contribution in [2.45, 2.75) is 25.6 Å². The minimum absolute atomic E-state index is 0.0829. The first-order valence-electron chi connectivity index (χ1n) is 12.5. The van der Waals surface area contributed by atoms with E-state index in [0.717, 1.165) is 17.2 Å². The zero-order valence-electron chi connectivity index (χ0n) is 21.3. The van der Waals surface area contributed by atoms with E-state index in [2.05, 4.69) is 10.3 Å². The number of nitrogens with one attached hydrogen (secondary N) is 1. The van der Waals surface area contributed by atoms with Gasteiger partial charge in [-0.3, -0.25) is 9.59 Å². The van der Waals surface area contributed by atoms with Gasteiger partial charge in [-0.1, -0.05) is 41.9 Å². The van der Waals surface area contributed by atoms with Gasteiger partial charge in [-0.2, -0.15) is 13.2 Å². The lowest BCUT2D eigenvalue weighted by atomic mass is 9.97. The molecule has 3 aromatic carbocycles. The average molecular weight is 584 g/mol. The van der Waals surface area contributed by atoms with Gasteiger partial charge in [-0.25, -0.2) is 9.37 Å². The van der Waals surface area contributed by atoms with Crippen molar-refractivity contribution in [3.05, 3.63) is 118 Å². The van der Waals surface area contributed by atoms with Crippen molar-refractivity contribution in [1.82, 2.24) is 9.88 Å². The predicted molar refractivity (Wildman–Crippen MR) is 144 cm³/mol. The van der Waals surface area contributed by atoms with Crippen LogP contribution in [0.3, 0.4) is 0 Å². The van der Waals surface area contributed by atoms with Crippen molar-refractivity contribution in [3.8, 4) is 11.6 Å². The Morgan fingerprint density at radius 1 is 1.02 bits per heavy atom. The first kappa shape index (κ1) is 28.1. The maximum absolute atomic E-state index is 13.9. The molecule has 0 atom stereocenters. The number of amides is 2. The highest BCUT2D eigenvalue weighted by Gasteiger charge is 2.34. The number of benzene rings is 3. The van der Waals surface area contributed by atoms with Gasteiger partial charge in [0.15, 0.2) is 0 Å². The number of carbonyl (C=O) groups is 2. The molecule has 0 aliphatic carbocycles. The molecule has 11 heteroatoms. The lowest BCUT2D eigenvalue weighted by molar-refractivity contribution is -0.140. The van der Waals surface area contributed by atoms with Crippen molar-refractivity contribution in [1.29, 1.82) is 0 Å². The number of rotatable bonds is 6. The molecular formula is C30H22ClF4N3O3. The molecule has 1 aliphatic rings. The first-order chi connectivity index (χ1) is 19.6. The Labute approximate surface area is 237 Å². The Morgan fingerprint density at radius 3 is 2.49 bits per heavy atom. The number of ether oxygens (including phenoxy) is 1. The van der Waals surface area contributed by atoms with Crippen LogP contribution in [0.2, 0.25) is 5.02 Å². The monoisotopic (exact) mass is 583 g/mol. The van der Waals surface area contributed by atoms with E-state index >= 15 is 0 Å². The number of halogens is 5. The molecular weight excluding hydrogens is 562 g/mol. The number of nitrogens with zero attached hydrogens (tertiary/aromatic N) is 2. The fourth-order valence-corrected chi connectivity index (χ4v) is 4.79. The van der Waals surface area contributed by atoms with Crippen LogP contribution in [-0.2, 0) is 30.4 Å². The molecule has 210 valence electrons. The molecule has 0 fully saturated rings. The fraction of sp³-hybridized carbons (Fsp3) is 0.167. The van der Waals surface area contributed by atoms with E-state index in [1.807, 2.05) is 18.2 Å². The molecule has 1 aliphatic heterocycles. The van der Waals surface area contributed by atoms with Crippen LogP contribution < -0.4 is 10.1 Å². The summed E-state index contributed by atoms with van der Waals surface area (Å²) in [5, 5.41) is 2.98. The van der Waals surface area contributed by atoms with Crippen LogP contribution in [0, 0.1) is 5.82 Å². The number of carbonyl (C=O) groups excluding carboxylic acids is 2. The molecule has 41 heavy (non-hydrogen) atoms. The summed E-state index contributed by atoms with van der Waals surface area (Å²) >= 11 is 6.37. The number of pyridine rings is 1. The highest BCUT2D eigenvalue weighted by molar-refractivity contribution is 6.34. The molecule has 5 rings (SSSR count). The summed E-state index contributed by atoms with van der Waals surface area (Å²) < 4.78 is 58.1. The van der Waals surface area contributed by atoms with Gasteiger partial charge in [0.05, 0.1) is 28.3 Å². The Bertz CT molecular complexity index is 1600. The Morgan fingerprint density at radius 2 is 1.80 bits per heavy atom. The number of para-hydroxylation sites is 1. The maximum atomic E-state index is 13.9. The van der Waals surface area contributed by atoms with E-state index in [0.29, 0.717) is 48.0 Å². The second-order valence-electron chi connectivity index (χ2n) is 9.37. The summed E-state index contributed by atoms with van der Waals surface area (Å²) in [5.41, 5.74) is 0.964. The normalized spacial score (nSPS) is 13.0. The standard InChI is InChI=1S/C30H22ClF4N3O3/c31-24-10-7-20-17-38(29(40)19-8-11-27(36-16-19)41-21-4-2-1-3-5-21)13-12-22(20)28(24)37-26(39)15-18-6-9-23(25(32)14-18)30(33,34)35/h1-11,14,16H,12-13,15,17H2,(H,37,39). The Balaban J connectivity index is 1.25. The molecule has 0 saturated heterocycles. The topological polar surface area (TPSA) is 71.5 Å². The van der Waals surface area contributed by atoms with E-state index in [1.54, 1.807) is 41.3 Å². The van der Waals surface area contributed by atoms with Gasteiger partial charge >= 0.3 is 6.18 Å². The fourth-order valence-electron chi connectivity index (χ4n) is 4.56. The van der Waals surface area contributed by atoms with Crippen LogP contribution in [0.5, 0.6) is 11.6 Å². The van der Waals surface area contributed by atoms with Crippen LogP contribution in [0.25, 0.3) is 0 Å². The van der Waals surface area contributed by atoms with E-state index in [9.17, 15) is 27.2 Å². The summed E-state index contributed by atoms with van der Waals surface area (Å²) in [6.07, 6.45) is -3.33. The van der Waals surface area contributed by atoms with Crippen molar-refractivity contribution < 1.29 is 31.9 Å². The lowest BCUT2D eigenvalue weighted by Crippen LogP contribution is -2.36. The average Bonchev–Trinajstić information content (AvgIpc) is 2.94. The number of anilines is 1. The minimum atomic E-state index is -4.83. The third-order valence-corrected chi connectivity index (χ3v) is 6.87. The number of hydrogen-bond acceptors (Lipinski definition) is 4. The number of hydrogen-bond donors (Lipinski definition) is 1. The molecule has 6 nitrogen and oxygen atoms in total. The van der Waals surface area contributed by atoms with Crippen molar-refractivity contribution in [2.24, 2.45) is 0 Å². The Hall–Kier alpha value is -4.44. The second-order valence-corrected chi connectivity index (χ2v) is 9.78. The quantitative estimate of drug-likeness (QED) is 0.247. The highest BCUT2D eigenvalue weighted by atomic mass is 35.5. The summed E-state index contributed by atoms with van der Waals surface area (Å²) in [7, 11) is 0. The van der Waals surface area contributed by atoms with Crippen LogP contribution in [-0.4, -0.2) is 28.2 Å². The molecule has 4 aromatic rings. The number of fused-ring (bicyclic) bond motifs is 1. The summed E-state index contributed by atoms with van der Waals surface area (Å²) in [6.45, 7) is 0.613. The largest absolute Gasteiger partial charge is 0.439 e. The molecule has 0 radical (unpaired) electrons. The van der Waals surface area contributed by atoms with Gasteiger partial charge in [0, 0.05) is 25.4 Å². The van der Waals surface area contributed by atoms with Crippen molar-refractivity contribution in [2.75, 3.05) is 11.9 Å². The van der Waals surface area contributed by atoms with E-state index in [1.165, 1.54) is 6.20 Å². The molecule has 2 amide bonds. The smallest absolute Gasteiger partial charge is 0.419 e. The van der Waals surface area contributed by atoms with Crippen molar-refractivity contribution >= 4 is 29.1 Å². The van der Waals surface area contributed by atoms with E-state index in [4.69, 9.17) is 16.3 Å². The summed E-state index contributed by atoms with van der Waals surface area (Å²) in [5.74, 6) is -1.26. The van der Waals surface area contributed by atoms with E-state index < -0.39 is 23.5 Å². The van der Waals surface area contributed by atoms with Gasteiger partial charge in [0.2, 0.25) is 11.8 Å². The van der Waals surface area contributed by atoms with Gasteiger partial charge in [-0.15, -0.1) is 0 Å². The highest BCUT2D eigenvalue weighted by Crippen LogP contribution is 2.34. The van der Waals surface area contributed by atoms with Gasteiger partial charge in [0.1, 0.15) is 11.6 Å². The Kier molecular flexibility index (Phi) is 7.94. The van der Waals surface area contributed by atoms with Crippen LogP contribution in [0.1, 0.15) is 32.6 Å². The SMILES string of the molecule is O=C(Cc1ccc(C(F)(F)F)c(F)c1)Nc1c(Cl)ccc2c1CCN(C(=O)c1ccc(Oc3ccccc3)nc1)C2. The zero-order chi connectivity index (χ0) is 29.1. The molecule has 1 aromatic heterocycles. The number of alkyl halides is 3. The maximum Gasteiger partial charge on any atom is 0.419 e. The third kappa shape index (κ3) is 6.49. The first-order valence-corrected chi connectivity index (χ1v) is 12.9. The number of aromatic nitrogens is 1. The van der Waals surface area contributed by atoms with Crippen LogP contribution >= 0.6 is 11.6 Å². The minimum Gasteiger partial charge on any atom is -0.439 e. The molecule has 0 unspecified atom stereocenters. The molecule has 1 N–H and O–H groups in total. The van der Waals surface area contributed by atoms with Crippen LogP contribution in [0.15, 0.2) is 79.0 Å². The van der Waals surface area contributed by atoms with Crippen LogP contribution in [0.4, 0.5) is 23.2 Å². The molecule has 2 heterocycles. The predicted octanol–water partition coefficient (Wildman–Crippen LogP) is 7.06. The molecule has 0 saturated carbocycles. The van der Waals surface area contributed by atoms with E-state index in [-0.39, 0.29) is 29.5 Å². The summed E-state index contributed by atoms with van der Waals surface area (Å²) in [6, 6.07) is 18.1. The van der Waals surface area contributed by atoms with Crippen molar-refractivity contribution in [3.63, 3.8) is 0 Å². The summed E-state index contributed by atoms with van der Waals surface area (Å²) in [4.78, 5) is 31.8. The second kappa shape index (κ2) is 11.6. The van der Waals surface area contributed by atoms with Gasteiger partial charge < -0.3 is 15.0 Å². The zero-order valence-corrected chi connectivity index (χ0v) is 22.1. The lowest BCUT2D eigenvalue weighted by Gasteiger charge is -2.30. The van der Waals surface area contributed by atoms with Gasteiger partial charge in [0.25, 0.3) is 5.91 Å². The molecule has 0 spiro atoms. The molecule has 0 bridgehead atoms. The third-order valence-electron chi connectivity index (χ3n) is 6.56.